The lowest BCUT2D eigenvalue weighted by atomic mass is 9.95. The van der Waals surface area contributed by atoms with Gasteiger partial charge in [0.15, 0.2) is 6.10 Å². The Morgan fingerprint density at radius 1 is 1.08 bits per heavy atom. The summed E-state index contributed by atoms with van der Waals surface area (Å²) in [6.07, 6.45) is 7.52. The van der Waals surface area contributed by atoms with Gasteiger partial charge in [0.1, 0.15) is 11.5 Å². The van der Waals surface area contributed by atoms with Crippen LogP contribution in [0.4, 0.5) is 0 Å². The third-order valence-electron chi connectivity index (χ3n) is 4.40. The average Bonchev–Trinajstić information content (AvgIpc) is 2.66. The zero-order valence-corrected chi connectivity index (χ0v) is 15.6. The zero-order valence-electron chi connectivity index (χ0n) is 15.6. The van der Waals surface area contributed by atoms with Crippen molar-refractivity contribution in [2.24, 2.45) is 0 Å². The van der Waals surface area contributed by atoms with Crippen LogP contribution in [0.5, 0.6) is 11.5 Å². The zero-order chi connectivity index (χ0) is 18.9. The fraction of sp³-hybridized carbons (Fsp3) is 0.500. The third-order valence-corrected chi connectivity index (χ3v) is 4.40. The van der Waals surface area contributed by atoms with Gasteiger partial charge < -0.3 is 19.5 Å². The van der Waals surface area contributed by atoms with E-state index in [9.17, 15) is 9.59 Å². The summed E-state index contributed by atoms with van der Waals surface area (Å²) in [5.41, 5.74) is 0.734. The second-order valence-corrected chi connectivity index (χ2v) is 6.40. The lowest BCUT2D eigenvalue weighted by Gasteiger charge is -2.24. The molecular formula is C20H27NO5. The van der Waals surface area contributed by atoms with E-state index >= 15 is 0 Å². The van der Waals surface area contributed by atoms with Crippen molar-refractivity contribution < 1.29 is 23.8 Å². The predicted molar refractivity (Wildman–Crippen MR) is 99.1 cm³/mol. The Hall–Kier alpha value is -2.50. The van der Waals surface area contributed by atoms with Crippen LogP contribution in [-0.4, -0.2) is 38.2 Å². The van der Waals surface area contributed by atoms with Crippen molar-refractivity contribution in [2.45, 2.75) is 51.2 Å². The molecule has 26 heavy (non-hydrogen) atoms. The highest BCUT2D eigenvalue weighted by molar-refractivity contribution is 5.90. The highest BCUT2D eigenvalue weighted by atomic mass is 16.5. The van der Waals surface area contributed by atoms with Crippen LogP contribution in [0.25, 0.3) is 6.08 Å². The van der Waals surface area contributed by atoms with Crippen LogP contribution in [0.15, 0.2) is 24.3 Å². The summed E-state index contributed by atoms with van der Waals surface area (Å²) in [5.74, 6) is 0.426. The molecule has 1 saturated carbocycles. The smallest absolute Gasteiger partial charge is 0.331 e. The molecule has 6 heteroatoms. The molecule has 2 rings (SSSR count). The van der Waals surface area contributed by atoms with E-state index in [0.717, 1.165) is 31.2 Å². The van der Waals surface area contributed by atoms with Crippen molar-refractivity contribution in [1.82, 2.24) is 5.32 Å². The molecule has 0 aromatic heterocycles. The van der Waals surface area contributed by atoms with Gasteiger partial charge in [-0.05, 0) is 43.5 Å². The second-order valence-electron chi connectivity index (χ2n) is 6.40. The molecule has 0 radical (unpaired) electrons. The summed E-state index contributed by atoms with van der Waals surface area (Å²) in [6, 6.07) is 5.47. The van der Waals surface area contributed by atoms with E-state index in [2.05, 4.69) is 5.32 Å². The van der Waals surface area contributed by atoms with E-state index in [1.807, 2.05) is 0 Å². The molecule has 0 spiro atoms. The largest absolute Gasteiger partial charge is 0.497 e. The Kier molecular flexibility index (Phi) is 7.51. The maximum absolute atomic E-state index is 12.1. The van der Waals surface area contributed by atoms with Crippen LogP contribution >= 0.6 is 0 Å². The lowest BCUT2D eigenvalue weighted by molar-refractivity contribution is -0.150. The molecule has 0 bridgehead atoms. The molecule has 1 fully saturated rings. The summed E-state index contributed by atoms with van der Waals surface area (Å²) in [6.45, 7) is 1.58. The van der Waals surface area contributed by atoms with Crippen LogP contribution in [0.1, 0.15) is 44.6 Å². The predicted octanol–water partition coefficient (Wildman–Crippen LogP) is 3.10. The number of hydrogen-bond acceptors (Lipinski definition) is 5. The third kappa shape index (κ3) is 6.10. The van der Waals surface area contributed by atoms with Gasteiger partial charge in [0.25, 0.3) is 5.91 Å². The number of amides is 1. The highest BCUT2D eigenvalue weighted by Crippen LogP contribution is 2.23. The normalized spacial score (nSPS) is 16.1. The van der Waals surface area contributed by atoms with E-state index in [4.69, 9.17) is 14.2 Å². The van der Waals surface area contributed by atoms with Gasteiger partial charge in [0.05, 0.1) is 14.2 Å². The van der Waals surface area contributed by atoms with Crippen LogP contribution in [0.3, 0.4) is 0 Å². The highest BCUT2D eigenvalue weighted by Gasteiger charge is 2.21. The minimum Gasteiger partial charge on any atom is -0.497 e. The molecule has 142 valence electrons. The molecule has 1 N–H and O–H groups in total. The van der Waals surface area contributed by atoms with Crippen molar-refractivity contribution in [3.05, 3.63) is 29.8 Å². The molecule has 1 aromatic carbocycles. The minimum absolute atomic E-state index is 0.192. The fourth-order valence-corrected chi connectivity index (χ4v) is 2.92. The van der Waals surface area contributed by atoms with Gasteiger partial charge in [-0.25, -0.2) is 4.79 Å². The molecule has 6 nitrogen and oxygen atoms in total. The van der Waals surface area contributed by atoms with Crippen LogP contribution < -0.4 is 14.8 Å². The molecule has 1 aliphatic rings. The molecule has 0 heterocycles. The molecule has 1 aromatic rings. The number of rotatable bonds is 7. The first-order chi connectivity index (χ1) is 12.5. The second kappa shape index (κ2) is 9.85. The summed E-state index contributed by atoms with van der Waals surface area (Å²) < 4.78 is 15.6. The van der Waals surface area contributed by atoms with E-state index in [1.54, 1.807) is 45.4 Å². The number of ether oxygens (including phenoxy) is 3. The van der Waals surface area contributed by atoms with Crippen LogP contribution in [0.2, 0.25) is 0 Å². The lowest BCUT2D eigenvalue weighted by Crippen LogP contribution is -2.42. The Morgan fingerprint density at radius 2 is 1.69 bits per heavy atom. The van der Waals surface area contributed by atoms with Crippen molar-refractivity contribution >= 4 is 18.0 Å². The van der Waals surface area contributed by atoms with Crippen molar-refractivity contribution in [3.63, 3.8) is 0 Å². The average molecular weight is 361 g/mol. The number of carbonyl (C=O) groups is 2. The summed E-state index contributed by atoms with van der Waals surface area (Å²) >= 11 is 0. The molecular weight excluding hydrogens is 334 g/mol. The minimum atomic E-state index is -0.825. The van der Waals surface area contributed by atoms with E-state index in [1.165, 1.54) is 12.5 Å². The Bertz CT molecular complexity index is 627. The molecule has 0 saturated heterocycles. The summed E-state index contributed by atoms with van der Waals surface area (Å²) in [4.78, 5) is 24.1. The number of nitrogens with one attached hydrogen (secondary N) is 1. The van der Waals surface area contributed by atoms with Gasteiger partial charge in [-0.1, -0.05) is 19.3 Å². The number of esters is 1. The van der Waals surface area contributed by atoms with Gasteiger partial charge in [-0.3, -0.25) is 4.79 Å². The Morgan fingerprint density at radius 3 is 2.27 bits per heavy atom. The summed E-state index contributed by atoms with van der Waals surface area (Å²) in [7, 11) is 3.12. The first-order valence-corrected chi connectivity index (χ1v) is 8.94. The Balaban J connectivity index is 1.88. The van der Waals surface area contributed by atoms with E-state index < -0.39 is 12.1 Å². The van der Waals surface area contributed by atoms with Gasteiger partial charge >= 0.3 is 5.97 Å². The van der Waals surface area contributed by atoms with Crippen molar-refractivity contribution in [2.75, 3.05) is 14.2 Å². The van der Waals surface area contributed by atoms with Gasteiger partial charge in [0, 0.05) is 18.2 Å². The topological polar surface area (TPSA) is 73.9 Å². The van der Waals surface area contributed by atoms with Gasteiger partial charge in [0.2, 0.25) is 0 Å². The quantitative estimate of drug-likeness (QED) is 0.597. The number of methoxy groups -OCH3 is 2. The van der Waals surface area contributed by atoms with Crippen LogP contribution in [-0.2, 0) is 14.3 Å². The van der Waals surface area contributed by atoms with Crippen LogP contribution in [0, 0.1) is 0 Å². The van der Waals surface area contributed by atoms with Gasteiger partial charge in [-0.15, -0.1) is 0 Å². The number of benzene rings is 1. The van der Waals surface area contributed by atoms with Gasteiger partial charge in [-0.2, -0.15) is 0 Å². The number of carbonyl (C=O) groups excluding carboxylic acids is 2. The fourth-order valence-electron chi connectivity index (χ4n) is 2.92. The van der Waals surface area contributed by atoms with Crippen molar-refractivity contribution in [3.8, 4) is 11.5 Å². The molecule has 1 aliphatic carbocycles. The van der Waals surface area contributed by atoms with Crippen molar-refractivity contribution in [1.29, 1.82) is 0 Å². The molecule has 0 aliphatic heterocycles. The SMILES string of the molecule is COc1cc(/C=C/C(=O)O[C@@H](C)C(=O)NC2CCCCC2)cc(OC)c1. The molecule has 1 atom stereocenters. The Labute approximate surface area is 154 Å². The maximum Gasteiger partial charge on any atom is 0.331 e. The molecule has 1 amide bonds. The standard InChI is InChI=1S/C20H27NO5/c1-14(20(23)21-16-7-5-4-6-8-16)26-19(22)10-9-15-11-17(24-2)13-18(12-15)25-3/h9-14,16H,4-8H2,1-3H3,(H,21,23)/b10-9+/t14-/m0/s1. The first-order valence-electron chi connectivity index (χ1n) is 8.94. The maximum atomic E-state index is 12.1. The first kappa shape index (κ1) is 19.8. The van der Waals surface area contributed by atoms with E-state index in [0.29, 0.717) is 11.5 Å². The molecule has 0 unspecified atom stereocenters. The summed E-state index contributed by atoms with van der Waals surface area (Å²) in [5, 5.41) is 2.95. The van der Waals surface area contributed by atoms with E-state index in [-0.39, 0.29) is 11.9 Å². The monoisotopic (exact) mass is 361 g/mol. The number of hydrogen-bond donors (Lipinski definition) is 1.